The first-order chi connectivity index (χ1) is 17.9. The number of nitrogens with zero attached hydrogens (tertiary/aromatic N) is 2. The number of likely N-dealkylation sites (tertiary alicyclic amines) is 2. The van der Waals surface area contributed by atoms with Gasteiger partial charge in [0.15, 0.2) is 0 Å². The zero-order chi connectivity index (χ0) is 26.4. The molecule has 2 fully saturated rings. The minimum Gasteiger partial charge on any atom is -0.492 e. The SMILES string of the molecule is Cl.NCCOc1cc(Cl)ccc1C1CCN(C(=O)[C@@H](Cc2ccc(Cl)cc2Cl)NC(=O)N2CCCC2)CC1. The van der Waals surface area contributed by atoms with Crippen LogP contribution in [0.2, 0.25) is 15.1 Å². The second-order valence-electron chi connectivity index (χ2n) is 9.55. The Hall–Kier alpha value is -1.90. The lowest BCUT2D eigenvalue weighted by Crippen LogP contribution is -2.54. The number of amides is 3. The van der Waals surface area contributed by atoms with Crippen LogP contribution < -0.4 is 15.8 Å². The van der Waals surface area contributed by atoms with Crippen LogP contribution in [0.5, 0.6) is 5.75 Å². The summed E-state index contributed by atoms with van der Waals surface area (Å²) in [4.78, 5) is 30.2. The molecule has 2 aromatic carbocycles. The van der Waals surface area contributed by atoms with Gasteiger partial charge < -0.3 is 25.6 Å². The summed E-state index contributed by atoms with van der Waals surface area (Å²) in [6.45, 7) is 3.39. The maximum absolute atomic E-state index is 13.7. The minimum atomic E-state index is -0.720. The van der Waals surface area contributed by atoms with Crippen LogP contribution in [0.4, 0.5) is 4.79 Å². The summed E-state index contributed by atoms with van der Waals surface area (Å²) < 4.78 is 5.85. The second kappa shape index (κ2) is 14.5. The summed E-state index contributed by atoms with van der Waals surface area (Å²) in [5, 5.41) is 4.60. The molecule has 7 nitrogen and oxygen atoms in total. The average Bonchev–Trinajstić information content (AvgIpc) is 3.44. The Labute approximate surface area is 245 Å². The first-order valence-electron chi connectivity index (χ1n) is 12.8. The average molecular weight is 604 g/mol. The Bertz CT molecular complexity index is 1110. The molecule has 2 aliphatic heterocycles. The molecule has 0 saturated carbocycles. The van der Waals surface area contributed by atoms with E-state index < -0.39 is 6.04 Å². The van der Waals surface area contributed by atoms with Gasteiger partial charge in [-0.1, -0.05) is 46.9 Å². The Balaban J connectivity index is 0.00000400. The van der Waals surface area contributed by atoms with Crippen LogP contribution in [0.15, 0.2) is 36.4 Å². The number of urea groups is 1. The van der Waals surface area contributed by atoms with Gasteiger partial charge >= 0.3 is 6.03 Å². The van der Waals surface area contributed by atoms with Crippen molar-refractivity contribution in [2.45, 2.75) is 44.1 Å². The Morgan fingerprint density at radius 1 is 0.974 bits per heavy atom. The number of nitrogens with two attached hydrogens (primary N) is 1. The van der Waals surface area contributed by atoms with Crippen molar-refractivity contribution in [1.29, 1.82) is 0 Å². The lowest BCUT2D eigenvalue weighted by atomic mass is 9.88. The molecule has 2 saturated heterocycles. The first-order valence-corrected chi connectivity index (χ1v) is 13.9. The Morgan fingerprint density at radius 2 is 1.63 bits per heavy atom. The van der Waals surface area contributed by atoms with E-state index in [1.54, 1.807) is 17.0 Å². The number of hydrogen-bond donors (Lipinski definition) is 2. The number of halogens is 4. The number of rotatable bonds is 8. The topological polar surface area (TPSA) is 87.9 Å². The summed E-state index contributed by atoms with van der Waals surface area (Å²) in [5.74, 6) is 0.876. The van der Waals surface area contributed by atoms with Crippen molar-refractivity contribution >= 4 is 59.1 Å². The molecular formula is C27H34Cl4N4O3. The highest BCUT2D eigenvalue weighted by molar-refractivity contribution is 6.35. The van der Waals surface area contributed by atoms with Crippen LogP contribution in [0.25, 0.3) is 0 Å². The summed E-state index contributed by atoms with van der Waals surface area (Å²) >= 11 is 18.7. The Morgan fingerprint density at radius 3 is 2.29 bits per heavy atom. The molecule has 3 amide bonds. The van der Waals surface area contributed by atoms with E-state index in [2.05, 4.69) is 5.32 Å². The first kappa shape index (κ1) is 30.6. The van der Waals surface area contributed by atoms with Gasteiger partial charge in [0, 0.05) is 54.2 Å². The van der Waals surface area contributed by atoms with Gasteiger partial charge in [0.05, 0.1) is 0 Å². The summed E-state index contributed by atoms with van der Waals surface area (Å²) in [6, 6.07) is 9.97. The number of hydrogen-bond acceptors (Lipinski definition) is 4. The van der Waals surface area contributed by atoms with Crippen LogP contribution in [-0.4, -0.2) is 67.1 Å². The minimum absolute atomic E-state index is 0. The highest BCUT2D eigenvalue weighted by Gasteiger charge is 2.32. The van der Waals surface area contributed by atoms with Crippen molar-refractivity contribution < 1.29 is 14.3 Å². The molecule has 2 aliphatic rings. The van der Waals surface area contributed by atoms with Crippen LogP contribution in [0.3, 0.4) is 0 Å². The van der Waals surface area contributed by atoms with Crippen molar-refractivity contribution in [2.75, 3.05) is 39.3 Å². The molecule has 0 aromatic heterocycles. The number of carbonyl (C=O) groups is 2. The fraction of sp³-hybridized carbons (Fsp3) is 0.481. The predicted octanol–water partition coefficient (Wildman–Crippen LogP) is 5.53. The zero-order valence-corrected chi connectivity index (χ0v) is 24.2. The van der Waals surface area contributed by atoms with Gasteiger partial charge in [0.2, 0.25) is 5.91 Å². The fourth-order valence-corrected chi connectivity index (χ4v) is 5.69. The highest BCUT2D eigenvalue weighted by Crippen LogP contribution is 2.36. The lowest BCUT2D eigenvalue weighted by Gasteiger charge is -2.35. The fourth-order valence-electron chi connectivity index (χ4n) is 5.04. The van der Waals surface area contributed by atoms with E-state index in [1.165, 1.54) is 0 Å². The third kappa shape index (κ3) is 7.82. The quantitative estimate of drug-likeness (QED) is 0.415. The van der Waals surface area contributed by atoms with Gasteiger partial charge in [-0.25, -0.2) is 4.79 Å². The molecule has 0 aliphatic carbocycles. The number of piperidine rings is 1. The largest absolute Gasteiger partial charge is 0.492 e. The number of carbonyl (C=O) groups excluding carboxylic acids is 2. The van der Waals surface area contributed by atoms with Gasteiger partial charge in [-0.2, -0.15) is 0 Å². The summed E-state index contributed by atoms with van der Waals surface area (Å²) in [5.41, 5.74) is 7.47. The molecule has 0 bridgehead atoms. The number of benzene rings is 2. The van der Waals surface area contributed by atoms with E-state index in [4.69, 9.17) is 45.3 Å². The van der Waals surface area contributed by atoms with E-state index in [0.717, 1.165) is 42.6 Å². The molecule has 0 spiro atoms. The van der Waals surface area contributed by atoms with Crippen molar-refractivity contribution in [3.63, 3.8) is 0 Å². The van der Waals surface area contributed by atoms with Gasteiger partial charge in [-0.05, 0) is 67.0 Å². The number of ether oxygens (including phenoxy) is 1. The van der Waals surface area contributed by atoms with Gasteiger partial charge in [0.1, 0.15) is 18.4 Å². The normalized spacial score (nSPS) is 16.6. The van der Waals surface area contributed by atoms with Gasteiger partial charge in [0.25, 0.3) is 0 Å². The van der Waals surface area contributed by atoms with Crippen molar-refractivity contribution in [3.05, 3.63) is 62.6 Å². The van der Waals surface area contributed by atoms with Crippen molar-refractivity contribution in [1.82, 2.24) is 15.1 Å². The highest BCUT2D eigenvalue weighted by atomic mass is 35.5. The van der Waals surface area contributed by atoms with Crippen molar-refractivity contribution in [3.8, 4) is 5.75 Å². The van der Waals surface area contributed by atoms with E-state index >= 15 is 0 Å². The summed E-state index contributed by atoms with van der Waals surface area (Å²) in [6.07, 6.45) is 3.80. The van der Waals surface area contributed by atoms with Gasteiger partial charge in [-0.15, -0.1) is 12.4 Å². The summed E-state index contributed by atoms with van der Waals surface area (Å²) in [7, 11) is 0. The van der Waals surface area contributed by atoms with Crippen LogP contribution in [0.1, 0.15) is 42.7 Å². The third-order valence-electron chi connectivity index (χ3n) is 7.03. The van der Waals surface area contributed by atoms with Gasteiger partial charge in [-0.3, -0.25) is 4.79 Å². The van der Waals surface area contributed by atoms with E-state index in [1.807, 2.05) is 29.2 Å². The standard InChI is InChI=1S/C27H33Cl3N4O3.ClH/c28-20-4-3-19(23(30)16-20)15-24(32-27(36)34-10-1-2-11-34)26(35)33-12-7-18(8-13-33)22-6-5-21(29)17-25(22)37-14-9-31;/h3-6,16-18,24H,1-2,7-15,31H2,(H,32,36);1H/t24-;/m1./s1. The monoisotopic (exact) mass is 602 g/mol. The molecule has 0 radical (unpaired) electrons. The van der Waals surface area contributed by atoms with E-state index in [-0.39, 0.29) is 30.3 Å². The molecule has 3 N–H and O–H groups in total. The molecule has 1 atom stereocenters. The molecule has 208 valence electrons. The van der Waals surface area contributed by atoms with Crippen LogP contribution in [0, 0.1) is 0 Å². The Kier molecular flexibility index (Phi) is 11.7. The molecule has 2 heterocycles. The van der Waals surface area contributed by atoms with E-state index in [0.29, 0.717) is 60.8 Å². The smallest absolute Gasteiger partial charge is 0.318 e. The maximum atomic E-state index is 13.7. The van der Waals surface area contributed by atoms with Crippen LogP contribution >= 0.6 is 47.2 Å². The molecule has 4 rings (SSSR count). The molecule has 38 heavy (non-hydrogen) atoms. The lowest BCUT2D eigenvalue weighted by molar-refractivity contribution is -0.134. The second-order valence-corrected chi connectivity index (χ2v) is 10.8. The predicted molar refractivity (Wildman–Crippen MR) is 155 cm³/mol. The maximum Gasteiger partial charge on any atom is 0.318 e. The van der Waals surface area contributed by atoms with E-state index in [9.17, 15) is 9.59 Å². The molecule has 2 aromatic rings. The molecule has 11 heteroatoms. The molecular weight excluding hydrogens is 570 g/mol. The van der Waals surface area contributed by atoms with Crippen molar-refractivity contribution in [2.24, 2.45) is 5.73 Å². The molecule has 0 unspecified atom stereocenters. The third-order valence-corrected chi connectivity index (χ3v) is 7.85. The number of nitrogens with one attached hydrogen (secondary N) is 1. The van der Waals surface area contributed by atoms with Crippen LogP contribution in [-0.2, 0) is 11.2 Å². The zero-order valence-electron chi connectivity index (χ0n) is 21.1.